The summed E-state index contributed by atoms with van der Waals surface area (Å²) in [4.78, 5) is 1.12. The van der Waals surface area contributed by atoms with Crippen molar-refractivity contribution in [3.8, 4) is 11.3 Å². The van der Waals surface area contributed by atoms with Crippen LogP contribution in [0.4, 0.5) is 13.2 Å². The van der Waals surface area contributed by atoms with Gasteiger partial charge in [-0.1, -0.05) is 35.5 Å². The topological polar surface area (TPSA) is 71.2 Å². The fourth-order valence-electron chi connectivity index (χ4n) is 3.76. The van der Waals surface area contributed by atoms with Gasteiger partial charge in [0.2, 0.25) is 0 Å². The molecule has 29 heavy (non-hydrogen) atoms. The molecule has 0 spiro atoms. The zero-order valence-corrected chi connectivity index (χ0v) is 16.2. The molecule has 0 aliphatic carbocycles. The van der Waals surface area contributed by atoms with E-state index in [1.165, 1.54) is 10.9 Å². The number of aliphatic hydroxyl groups is 2. The summed E-state index contributed by atoms with van der Waals surface area (Å²) in [6, 6.07) is 11.1. The van der Waals surface area contributed by atoms with Crippen LogP contribution in [0.25, 0.3) is 11.3 Å². The van der Waals surface area contributed by atoms with Crippen molar-refractivity contribution in [3.05, 3.63) is 66.1 Å². The monoisotopic (exact) mass is 423 g/mol. The summed E-state index contributed by atoms with van der Waals surface area (Å²) in [7, 11) is -0.738. The molecule has 1 aromatic heterocycles. The lowest BCUT2D eigenvalue weighted by Gasteiger charge is -2.42. The lowest BCUT2D eigenvalue weighted by Crippen LogP contribution is -2.42. The number of benzene rings is 2. The zero-order chi connectivity index (χ0) is 20.5. The molecule has 4 rings (SSSR count). The SMILES string of the molecule is OC[C@@H]1[C@H](O)[C@H](n2cc(-c3cc(F)c(F)c(F)c3)nn2)CC[SH]1c1ccccc1. The molecule has 2 N–H and O–H groups in total. The van der Waals surface area contributed by atoms with Gasteiger partial charge in [-0.3, -0.25) is 0 Å². The summed E-state index contributed by atoms with van der Waals surface area (Å²) in [6.45, 7) is -0.159. The first-order valence-electron chi connectivity index (χ1n) is 9.17. The smallest absolute Gasteiger partial charge is 0.194 e. The van der Waals surface area contributed by atoms with Gasteiger partial charge in [-0.15, -0.1) is 5.10 Å². The average molecular weight is 423 g/mol. The van der Waals surface area contributed by atoms with Gasteiger partial charge >= 0.3 is 0 Å². The van der Waals surface area contributed by atoms with Crippen molar-refractivity contribution in [2.75, 3.05) is 12.4 Å². The number of hydrogen-bond acceptors (Lipinski definition) is 4. The molecule has 1 aliphatic rings. The molecule has 1 aliphatic heterocycles. The van der Waals surface area contributed by atoms with E-state index >= 15 is 0 Å². The van der Waals surface area contributed by atoms with E-state index in [1.807, 2.05) is 30.3 Å². The van der Waals surface area contributed by atoms with E-state index in [2.05, 4.69) is 10.3 Å². The van der Waals surface area contributed by atoms with Gasteiger partial charge in [0.25, 0.3) is 0 Å². The molecule has 0 saturated carbocycles. The Morgan fingerprint density at radius 3 is 2.45 bits per heavy atom. The zero-order valence-electron chi connectivity index (χ0n) is 15.3. The fourth-order valence-corrected chi connectivity index (χ4v) is 6.59. The lowest BCUT2D eigenvalue weighted by atomic mass is 10.0. The second-order valence-corrected chi connectivity index (χ2v) is 9.53. The van der Waals surface area contributed by atoms with Crippen molar-refractivity contribution >= 4 is 10.9 Å². The molecule has 0 radical (unpaired) electrons. The Labute approximate surface area is 168 Å². The molecule has 1 unspecified atom stereocenters. The first kappa shape index (κ1) is 19.9. The van der Waals surface area contributed by atoms with Crippen molar-refractivity contribution < 1.29 is 23.4 Å². The van der Waals surface area contributed by atoms with Crippen LogP contribution in [-0.4, -0.2) is 48.9 Å². The summed E-state index contributed by atoms with van der Waals surface area (Å²) < 4.78 is 41.7. The van der Waals surface area contributed by atoms with E-state index in [9.17, 15) is 23.4 Å². The average Bonchev–Trinajstić information content (AvgIpc) is 3.22. The van der Waals surface area contributed by atoms with Crippen LogP contribution in [0.15, 0.2) is 53.6 Å². The molecular formula is C20H20F3N3O2S. The highest BCUT2D eigenvalue weighted by Crippen LogP contribution is 2.49. The van der Waals surface area contributed by atoms with Crippen molar-refractivity contribution in [2.24, 2.45) is 0 Å². The quantitative estimate of drug-likeness (QED) is 0.446. The lowest BCUT2D eigenvalue weighted by molar-refractivity contribution is 0.0762. The maximum absolute atomic E-state index is 13.5. The number of rotatable bonds is 4. The van der Waals surface area contributed by atoms with Crippen LogP contribution in [-0.2, 0) is 0 Å². The van der Waals surface area contributed by atoms with E-state index in [-0.39, 0.29) is 23.1 Å². The Kier molecular flexibility index (Phi) is 5.62. The van der Waals surface area contributed by atoms with Crippen LogP contribution < -0.4 is 0 Å². The van der Waals surface area contributed by atoms with Gasteiger partial charge < -0.3 is 10.2 Å². The van der Waals surface area contributed by atoms with E-state index < -0.39 is 40.5 Å². The van der Waals surface area contributed by atoms with E-state index in [4.69, 9.17) is 0 Å². The first-order chi connectivity index (χ1) is 14.0. The van der Waals surface area contributed by atoms with Gasteiger partial charge in [-0.2, -0.15) is 0 Å². The van der Waals surface area contributed by atoms with Gasteiger partial charge in [0, 0.05) is 10.8 Å². The van der Waals surface area contributed by atoms with Crippen molar-refractivity contribution in [3.63, 3.8) is 0 Å². The molecule has 0 amide bonds. The standard InChI is InChI=1S/C20H20F3N3O2S/c21-14-8-12(9-15(22)19(14)23)16-10-26(25-24-16)17-6-7-29(18(11-27)20(17)28)13-4-2-1-3-5-13/h1-5,8-10,17-18,20,27-29H,6-7,11H2/t17-,18-,20-/m1/s1. The van der Waals surface area contributed by atoms with Crippen molar-refractivity contribution in [1.82, 2.24) is 15.0 Å². The normalized spacial score (nSPS) is 25.8. The Hall–Kier alpha value is -2.36. The van der Waals surface area contributed by atoms with Crippen LogP contribution in [0, 0.1) is 17.5 Å². The predicted octanol–water partition coefficient (Wildman–Crippen LogP) is 3.09. The highest BCUT2D eigenvalue weighted by atomic mass is 32.2. The molecule has 3 aromatic rings. The predicted molar refractivity (Wildman–Crippen MR) is 104 cm³/mol. The van der Waals surface area contributed by atoms with Crippen LogP contribution >= 0.6 is 10.9 Å². The number of aromatic nitrogens is 3. The van der Waals surface area contributed by atoms with Gasteiger partial charge in [0.1, 0.15) is 5.69 Å². The number of hydrogen-bond donors (Lipinski definition) is 3. The third-order valence-corrected chi connectivity index (χ3v) is 8.23. The Bertz CT molecular complexity index is 979. The molecule has 4 atom stereocenters. The van der Waals surface area contributed by atoms with E-state index in [0.29, 0.717) is 6.42 Å². The number of halogens is 3. The Balaban J connectivity index is 1.59. The minimum absolute atomic E-state index is 0.0585. The van der Waals surface area contributed by atoms with Gasteiger partial charge in [-0.05, 0) is 29.2 Å². The summed E-state index contributed by atoms with van der Waals surface area (Å²) in [5, 5.41) is 28.5. The molecular weight excluding hydrogens is 403 g/mol. The minimum atomic E-state index is -1.54. The molecule has 1 saturated heterocycles. The molecule has 154 valence electrons. The molecule has 1 fully saturated rings. The molecule has 5 nitrogen and oxygen atoms in total. The van der Waals surface area contributed by atoms with Crippen LogP contribution in [0.3, 0.4) is 0 Å². The first-order valence-corrected chi connectivity index (χ1v) is 10.8. The van der Waals surface area contributed by atoms with Gasteiger partial charge in [0.05, 0.1) is 24.9 Å². The highest BCUT2D eigenvalue weighted by molar-refractivity contribution is 8.17. The highest BCUT2D eigenvalue weighted by Gasteiger charge is 2.38. The maximum atomic E-state index is 13.5. The number of nitrogens with zero attached hydrogens (tertiary/aromatic N) is 3. The maximum Gasteiger partial charge on any atom is 0.194 e. The third-order valence-electron chi connectivity index (χ3n) is 5.26. The summed E-state index contributed by atoms with van der Waals surface area (Å²) >= 11 is 0. The molecule has 0 bridgehead atoms. The minimum Gasteiger partial charge on any atom is -0.395 e. The molecule has 2 heterocycles. The third kappa shape index (κ3) is 3.77. The van der Waals surface area contributed by atoms with Gasteiger partial charge in [-0.25, -0.2) is 28.7 Å². The second kappa shape index (κ2) is 8.17. The number of aliphatic hydroxyl groups excluding tert-OH is 2. The second-order valence-electron chi connectivity index (χ2n) is 6.96. The van der Waals surface area contributed by atoms with Crippen LogP contribution in [0.1, 0.15) is 12.5 Å². The van der Waals surface area contributed by atoms with Gasteiger partial charge in [0.15, 0.2) is 17.5 Å². The van der Waals surface area contributed by atoms with Crippen molar-refractivity contribution in [2.45, 2.75) is 28.7 Å². The van der Waals surface area contributed by atoms with Crippen LogP contribution in [0.2, 0.25) is 0 Å². The molecule has 9 heteroatoms. The fraction of sp³-hybridized carbons (Fsp3) is 0.300. The number of thiol groups is 1. The summed E-state index contributed by atoms with van der Waals surface area (Å²) in [6.07, 6.45) is 1.24. The largest absolute Gasteiger partial charge is 0.395 e. The summed E-state index contributed by atoms with van der Waals surface area (Å²) in [5.41, 5.74) is 0.231. The van der Waals surface area contributed by atoms with Crippen molar-refractivity contribution in [1.29, 1.82) is 0 Å². The molecule has 2 aromatic carbocycles. The van der Waals surface area contributed by atoms with E-state index in [0.717, 1.165) is 22.8 Å². The van der Waals surface area contributed by atoms with E-state index in [1.54, 1.807) is 0 Å². The Morgan fingerprint density at radius 1 is 1.10 bits per heavy atom. The summed E-state index contributed by atoms with van der Waals surface area (Å²) in [5.74, 6) is -3.35. The Morgan fingerprint density at radius 2 is 1.79 bits per heavy atom. The van der Waals surface area contributed by atoms with Crippen LogP contribution in [0.5, 0.6) is 0 Å².